The van der Waals surface area contributed by atoms with Gasteiger partial charge in [-0.05, 0) is 31.5 Å². The van der Waals surface area contributed by atoms with Gasteiger partial charge in [0.15, 0.2) is 11.5 Å². The van der Waals surface area contributed by atoms with E-state index in [9.17, 15) is 0 Å². The second kappa shape index (κ2) is 5.54. The van der Waals surface area contributed by atoms with Crippen LogP contribution in [-0.4, -0.2) is 23.4 Å². The molecule has 1 aromatic heterocycles. The first-order valence-electron chi connectivity index (χ1n) is 6.86. The number of rotatable bonds is 4. The van der Waals surface area contributed by atoms with Crippen LogP contribution in [-0.2, 0) is 6.54 Å². The van der Waals surface area contributed by atoms with Crippen molar-refractivity contribution in [3.63, 3.8) is 0 Å². The Kier molecular flexibility index (Phi) is 3.60. The van der Waals surface area contributed by atoms with Gasteiger partial charge in [-0.1, -0.05) is 6.07 Å². The molecule has 5 nitrogen and oxygen atoms in total. The van der Waals surface area contributed by atoms with Gasteiger partial charge in [0, 0.05) is 23.8 Å². The monoisotopic (exact) mass is 273 g/mol. The maximum absolute atomic E-state index is 5.62. The van der Waals surface area contributed by atoms with Gasteiger partial charge in [0.2, 0.25) is 0 Å². The van der Waals surface area contributed by atoms with Gasteiger partial charge < -0.3 is 14.8 Å². The maximum Gasteiger partial charge on any atom is 0.161 e. The fourth-order valence-electron chi connectivity index (χ4n) is 2.26. The Morgan fingerprint density at radius 2 is 2.10 bits per heavy atom. The first kappa shape index (κ1) is 13.0. The minimum Gasteiger partial charge on any atom is -0.486 e. The smallest absolute Gasteiger partial charge is 0.161 e. The summed E-state index contributed by atoms with van der Waals surface area (Å²) in [4.78, 5) is 0. The van der Waals surface area contributed by atoms with Crippen LogP contribution < -0.4 is 14.8 Å². The van der Waals surface area contributed by atoms with E-state index in [1.54, 1.807) is 0 Å². The quantitative estimate of drug-likeness (QED) is 0.897. The molecule has 0 saturated carbocycles. The molecule has 2 aromatic rings. The van der Waals surface area contributed by atoms with Gasteiger partial charge in [0.25, 0.3) is 0 Å². The molecule has 3 rings (SSSR count). The SMILES string of the molecule is Cc1[nH]ncc1CNC(C)c1ccc2c(c1)OCCO2. The zero-order valence-electron chi connectivity index (χ0n) is 11.8. The van der Waals surface area contributed by atoms with Crippen molar-refractivity contribution < 1.29 is 9.47 Å². The molecule has 5 heteroatoms. The van der Waals surface area contributed by atoms with Crippen LogP contribution >= 0.6 is 0 Å². The predicted molar refractivity (Wildman–Crippen MR) is 76.0 cm³/mol. The van der Waals surface area contributed by atoms with Crippen molar-refractivity contribution in [3.8, 4) is 11.5 Å². The van der Waals surface area contributed by atoms with Gasteiger partial charge in [0.05, 0.1) is 6.20 Å². The maximum atomic E-state index is 5.62. The molecule has 106 valence electrons. The standard InChI is InChI=1S/C15H19N3O2/c1-10(16-8-13-9-17-18-11(13)2)12-3-4-14-15(7-12)20-6-5-19-14/h3-4,7,9-10,16H,5-6,8H2,1-2H3,(H,17,18). The topological polar surface area (TPSA) is 59.2 Å². The van der Waals surface area contributed by atoms with Crippen LogP contribution in [0.2, 0.25) is 0 Å². The average Bonchev–Trinajstić information content (AvgIpc) is 2.89. The Balaban J connectivity index is 1.67. The van der Waals surface area contributed by atoms with Gasteiger partial charge in [-0.25, -0.2) is 0 Å². The minimum absolute atomic E-state index is 0.236. The molecular weight excluding hydrogens is 254 g/mol. The van der Waals surface area contributed by atoms with Crippen molar-refractivity contribution >= 4 is 0 Å². The van der Waals surface area contributed by atoms with E-state index in [-0.39, 0.29) is 6.04 Å². The fraction of sp³-hybridized carbons (Fsp3) is 0.400. The molecule has 20 heavy (non-hydrogen) atoms. The molecule has 0 saturated heterocycles. The summed E-state index contributed by atoms with van der Waals surface area (Å²) in [5.74, 6) is 1.67. The first-order valence-corrected chi connectivity index (χ1v) is 6.86. The Labute approximate surface area is 118 Å². The summed E-state index contributed by atoms with van der Waals surface area (Å²) in [6.45, 7) is 6.20. The van der Waals surface area contributed by atoms with Gasteiger partial charge >= 0.3 is 0 Å². The van der Waals surface area contributed by atoms with E-state index in [2.05, 4.69) is 28.5 Å². The Hall–Kier alpha value is -2.01. The zero-order valence-corrected chi connectivity index (χ0v) is 11.8. The molecule has 1 aliphatic heterocycles. The lowest BCUT2D eigenvalue weighted by atomic mass is 10.1. The molecule has 0 spiro atoms. The number of hydrogen-bond donors (Lipinski definition) is 2. The van der Waals surface area contributed by atoms with E-state index < -0.39 is 0 Å². The number of ether oxygens (including phenoxy) is 2. The fourth-order valence-corrected chi connectivity index (χ4v) is 2.26. The number of nitrogens with one attached hydrogen (secondary N) is 2. The van der Waals surface area contributed by atoms with E-state index >= 15 is 0 Å². The lowest BCUT2D eigenvalue weighted by molar-refractivity contribution is 0.171. The molecule has 0 bridgehead atoms. The summed E-state index contributed by atoms with van der Waals surface area (Å²) in [6.07, 6.45) is 1.86. The number of fused-ring (bicyclic) bond motifs is 1. The summed E-state index contributed by atoms with van der Waals surface area (Å²) in [6, 6.07) is 6.34. The highest BCUT2D eigenvalue weighted by Crippen LogP contribution is 2.32. The Bertz CT molecular complexity index is 595. The molecule has 1 atom stereocenters. The third-order valence-electron chi connectivity index (χ3n) is 3.60. The van der Waals surface area contributed by atoms with E-state index in [1.165, 1.54) is 11.1 Å². The van der Waals surface area contributed by atoms with E-state index in [4.69, 9.17) is 9.47 Å². The molecule has 0 amide bonds. The summed E-state index contributed by atoms with van der Waals surface area (Å²) in [7, 11) is 0. The third-order valence-corrected chi connectivity index (χ3v) is 3.60. The molecule has 1 aliphatic rings. The van der Waals surface area contributed by atoms with Crippen molar-refractivity contribution in [1.29, 1.82) is 0 Å². The van der Waals surface area contributed by atoms with Crippen LogP contribution in [0.5, 0.6) is 11.5 Å². The Morgan fingerprint density at radius 3 is 2.85 bits per heavy atom. The number of aromatic amines is 1. The van der Waals surface area contributed by atoms with Gasteiger partial charge in [-0.2, -0.15) is 5.10 Å². The summed E-state index contributed by atoms with van der Waals surface area (Å²) in [5.41, 5.74) is 3.48. The molecule has 0 radical (unpaired) electrons. The molecular formula is C15H19N3O2. The average molecular weight is 273 g/mol. The van der Waals surface area contributed by atoms with Crippen LogP contribution in [0.3, 0.4) is 0 Å². The first-order chi connectivity index (χ1) is 9.74. The van der Waals surface area contributed by atoms with Crippen molar-refractivity contribution in [2.45, 2.75) is 26.4 Å². The van der Waals surface area contributed by atoms with Crippen LogP contribution in [0, 0.1) is 6.92 Å². The molecule has 1 unspecified atom stereocenters. The van der Waals surface area contributed by atoms with Crippen molar-refractivity contribution in [2.24, 2.45) is 0 Å². The van der Waals surface area contributed by atoms with Gasteiger partial charge in [-0.15, -0.1) is 0 Å². The molecule has 1 aromatic carbocycles. The van der Waals surface area contributed by atoms with Gasteiger partial charge in [0.1, 0.15) is 13.2 Å². The molecule has 2 N–H and O–H groups in total. The number of H-pyrrole nitrogens is 1. The summed E-state index contributed by atoms with van der Waals surface area (Å²) < 4.78 is 11.2. The normalized spacial score (nSPS) is 15.1. The molecule has 0 aliphatic carbocycles. The second-order valence-corrected chi connectivity index (χ2v) is 5.03. The van der Waals surface area contributed by atoms with Crippen LogP contribution in [0.15, 0.2) is 24.4 Å². The minimum atomic E-state index is 0.236. The molecule has 2 heterocycles. The summed E-state index contributed by atoms with van der Waals surface area (Å²) in [5, 5.41) is 10.5. The number of nitrogens with zero attached hydrogens (tertiary/aromatic N) is 1. The molecule has 0 fully saturated rings. The highest BCUT2D eigenvalue weighted by molar-refractivity contribution is 5.44. The van der Waals surface area contributed by atoms with Crippen molar-refractivity contribution in [3.05, 3.63) is 41.2 Å². The number of benzene rings is 1. The number of aromatic nitrogens is 2. The number of hydrogen-bond acceptors (Lipinski definition) is 4. The van der Waals surface area contributed by atoms with Crippen LogP contribution in [0.1, 0.15) is 29.8 Å². The third kappa shape index (κ3) is 2.63. The van der Waals surface area contributed by atoms with E-state index in [0.717, 1.165) is 23.7 Å². The lowest BCUT2D eigenvalue weighted by Gasteiger charge is -2.21. The highest BCUT2D eigenvalue weighted by Gasteiger charge is 2.14. The van der Waals surface area contributed by atoms with Crippen molar-refractivity contribution in [1.82, 2.24) is 15.5 Å². The van der Waals surface area contributed by atoms with Gasteiger partial charge in [-0.3, -0.25) is 5.10 Å². The second-order valence-electron chi connectivity index (χ2n) is 5.03. The lowest BCUT2D eigenvalue weighted by Crippen LogP contribution is -2.19. The Morgan fingerprint density at radius 1 is 1.30 bits per heavy atom. The largest absolute Gasteiger partial charge is 0.486 e. The zero-order chi connectivity index (χ0) is 13.9. The van der Waals surface area contributed by atoms with E-state index in [1.807, 2.05) is 25.3 Å². The van der Waals surface area contributed by atoms with Crippen LogP contribution in [0.25, 0.3) is 0 Å². The van der Waals surface area contributed by atoms with Crippen molar-refractivity contribution in [2.75, 3.05) is 13.2 Å². The number of aryl methyl sites for hydroxylation is 1. The van der Waals surface area contributed by atoms with Crippen LogP contribution in [0.4, 0.5) is 0 Å². The summed E-state index contributed by atoms with van der Waals surface area (Å²) >= 11 is 0. The highest BCUT2D eigenvalue weighted by atomic mass is 16.6. The predicted octanol–water partition coefficient (Wildman–Crippen LogP) is 2.34. The van der Waals surface area contributed by atoms with E-state index in [0.29, 0.717) is 13.2 Å².